The van der Waals surface area contributed by atoms with Gasteiger partial charge in [-0.2, -0.15) is 0 Å². The summed E-state index contributed by atoms with van der Waals surface area (Å²) >= 11 is 0. The van der Waals surface area contributed by atoms with Gasteiger partial charge < -0.3 is 15.4 Å². The third-order valence-corrected chi connectivity index (χ3v) is 3.12. The van der Waals surface area contributed by atoms with Crippen LogP contribution in [0.2, 0.25) is 0 Å². The van der Waals surface area contributed by atoms with Gasteiger partial charge >= 0.3 is 0 Å². The molecular formula is C15H16N4O. The van der Waals surface area contributed by atoms with Gasteiger partial charge in [0.25, 0.3) is 0 Å². The molecule has 0 aliphatic heterocycles. The Morgan fingerprint density at radius 2 is 2.05 bits per heavy atom. The van der Waals surface area contributed by atoms with E-state index in [0.29, 0.717) is 17.3 Å². The molecule has 5 nitrogen and oxygen atoms in total. The largest absolute Gasteiger partial charge is 0.438 e. The monoisotopic (exact) mass is 268 g/mol. The topological polar surface area (TPSA) is 55.8 Å². The Labute approximate surface area is 117 Å². The maximum absolute atomic E-state index is 5.99. The number of benzene rings is 1. The molecule has 2 aromatic heterocycles. The van der Waals surface area contributed by atoms with Gasteiger partial charge in [-0.05, 0) is 24.3 Å². The molecule has 20 heavy (non-hydrogen) atoms. The van der Waals surface area contributed by atoms with Gasteiger partial charge in [-0.25, -0.2) is 4.98 Å². The van der Waals surface area contributed by atoms with Crippen LogP contribution in [0, 0.1) is 0 Å². The van der Waals surface area contributed by atoms with Crippen molar-refractivity contribution in [1.29, 1.82) is 0 Å². The minimum absolute atomic E-state index is 0.604. The van der Waals surface area contributed by atoms with E-state index in [0.717, 1.165) is 11.3 Å². The first-order valence-electron chi connectivity index (χ1n) is 6.32. The number of pyridine rings is 1. The summed E-state index contributed by atoms with van der Waals surface area (Å²) in [7, 11) is 3.96. The Bertz CT molecular complexity index is 748. The number of rotatable bonds is 3. The fourth-order valence-corrected chi connectivity index (χ4v) is 2.01. The van der Waals surface area contributed by atoms with Gasteiger partial charge in [0.1, 0.15) is 5.65 Å². The number of aromatic nitrogens is 2. The summed E-state index contributed by atoms with van der Waals surface area (Å²) in [6.45, 7) is 0. The summed E-state index contributed by atoms with van der Waals surface area (Å²) < 4.78 is 7.82. The van der Waals surface area contributed by atoms with Gasteiger partial charge in [0.15, 0.2) is 5.75 Å². The minimum atomic E-state index is 0.604. The van der Waals surface area contributed by atoms with Crippen LogP contribution >= 0.6 is 0 Å². The molecule has 2 heterocycles. The number of nitrogen functional groups attached to an aromatic ring is 1. The SMILES string of the molecule is CN(C)c1ccc(N)c(Oc2cccc3nccn23)c1. The first-order valence-corrected chi connectivity index (χ1v) is 6.32. The second-order valence-electron chi connectivity index (χ2n) is 4.74. The van der Waals surface area contributed by atoms with E-state index in [-0.39, 0.29) is 0 Å². The number of hydrogen-bond donors (Lipinski definition) is 1. The molecule has 0 atom stereocenters. The smallest absolute Gasteiger partial charge is 0.205 e. The van der Waals surface area contributed by atoms with Crippen molar-refractivity contribution in [3.05, 3.63) is 48.8 Å². The molecule has 2 N–H and O–H groups in total. The van der Waals surface area contributed by atoms with Crippen molar-refractivity contribution in [2.45, 2.75) is 0 Å². The summed E-state index contributed by atoms with van der Waals surface area (Å²) in [6, 6.07) is 11.4. The predicted molar refractivity (Wildman–Crippen MR) is 80.4 cm³/mol. The highest BCUT2D eigenvalue weighted by Gasteiger charge is 2.08. The lowest BCUT2D eigenvalue weighted by molar-refractivity contribution is 0.458. The molecule has 0 fully saturated rings. The number of fused-ring (bicyclic) bond motifs is 1. The summed E-state index contributed by atoms with van der Waals surface area (Å²) in [5.74, 6) is 1.32. The Kier molecular flexibility index (Phi) is 2.95. The number of nitrogens with zero attached hydrogens (tertiary/aromatic N) is 3. The minimum Gasteiger partial charge on any atom is -0.438 e. The van der Waals surface area contributed by atoms with E-state index in [1.54, 1.807) is 6.20 Å². The van der Waals surface area contributed by atoms with Crippen LogP contribution in [0.4, 0.5) is 11.4 Å². The highest BCUT2D eigenvalue weighted by Crippen LogP contribution is 2.31. The van der Waals surface area contributed by atoms with Crippen molar-refractivity contribution in [2.75, 3.05) is 24.7 Å². The van der Waals surface area contributed by atoms with Gasteiger partial charge in [-0.1, -0.05) is 6.07 Å². The van der Waals surface area contributed by atoms with Crippen molar-refractivity contribution in [3.8, 4) is 11.6 Å². The normalized spacial score (nSPS) is 10.7. The average molecular weight is 268 g/mol. The average Bonchev–Trinajstić information content (AvgIpc) is 2.90. The maximum atomic E-state index is 5.99. The molecule has 3 rings (SSSR count). The zero-order valence-corrected chi connectivity index (χ0v) is 11.4. The highest BCUT2D eigenvalue weighted by molar-refractivity contribution is 5.62. The van der Waals surface area contributed by atoms with Crippen molar-refractivity contribution < 1.29 is 4.74 Å². The van der Waals surface area contributed by atoms with E-state index in [2.05, 4.69) is 4.98 Å². The highest BCUT2D eigenvalue weighted by atomic mass is 16.5. The lowest BCUT2D eigenvalue weighted by Gasteiger charge is -2.16. The zero-order chi connectivity index (χ0) is 14.1. The van der Waals surface area contributed by atoms with Crippen LogP contribution in [0.5, 0.6) is 11.6 Å². The molecule has 0 radical (unpaired) electrons. The van der Waals surface area contributed by atoms with Gasteiger partial charge in [0.2, 0.25) is 5.88 Å². The second kappa shape index (κ2) is 4.77. The van der Waals surface area contributed by atoms with Crippen LogP contribution in [0.1, 0.15) is 0 Å². The maximum Gasteiger partial charge on any atom is 0.205 e. The first kappa shape index (κ1) is 12.3. The molecule has 1 aromatic carbocycles. The first-order chi connectivity index (χ1) is 9.65. The van der Waals surface area contributed by atoms with E-state index in [1.165, 1.54) is 0 Å². The van der Waals surface area contributed by atoms with Crippen LogP contribution < -0.4 is 15.4 Å². The molecule has 0 amide bonds. The van der Waals surface area contributed by atoms with Crippen molar-refractivity contribution >= 4 is 17.0 Å². The molecule has 3 aromatic rings. The van der Waals surface area contributed by atoms with E-state index < -0.39 is 0 Å². The van der Waals surface area contributed by atoms with Crippen LogP contribution in [0.3, 0.4) is 0 Å². The fourth-order valence-electron chi connectivity index (χ4n) is 2.01. The Hall–Kier alpha value is -2.69. The predicted octanol–water partition coefficient (Wildman–Crippen LogP) is 2.77. The molecule has 5 heteroatoms. The standard InChI is InChI=1S/C15H16N4O/c1-18(2)11-6-7-12(16)13(10-11)20-15-5-3-4-14-17-8-9-19(14)15/h3-10H,16H2,1-2H3. The fraction of sp³-hybridized carbons (Fsp3) is 0.133. The van der Waals surface area contributed by atoms with Crippen LogP contribution in [-0.4, -0.2) is 23.5 Å². The molecule has 0 spiro atoms. The van der Waals surface area contributed by atoms with Crippen molar-refractivity contribution in [3.63, 3.8) is 0 Å². The quantitative estimate of drug-likeness (QED) is 0.742. The Morgan fingerprint density at radius 1 is 1.20 bits per heavy atom. The zero-order valence-electron chi connectivity index (χ0n) is 11.4. The van der Waals surface area contributed by atoms with Crippen LogP contribution in [0.25, 0.3) is 5.65 Å². The molecule has 102 valence electrons. The molecular weight excluding hydrogens is 252 g/mol. The van der Waals surface area contributed by atoms with Gasteiger partial charge in [-0.15, -0.1) is 0 Å². The summed E-state index contributed by atoms with van der Waals surface area (Å²) in [4.78, 5) is 6.24. The van der Waals surface area contributed by atoms with Gasteiger partial charge in [-0.3, -0.25) is 4.40 Å². The summed E-state index contributed by atoms with van der Waals surface area (Å²) in [5.41, 5.74) is 8.46. The number of hydrogen-bond acceptors (Lipinski definition) is 4. The summed E-state index contributed by atoms with van der Waals surface area (Å²) in [6.07, 6.45) is 3.60. The van der Waals surface area contributed by atoms with Gasteiger partial charge in [0.05, 0.1) is 5.69 Å². The van der Waals surface area contributed by atoms with E-state index in [9.17, 15) is 0 Å². The van der Waals surface area contributed by atoms with E-state index in [4.69, 9.17) is 10.5 Å². The number of anilines is 2. The lowest BCUT2D eigenvalue weighted by atomic mass is 10.2. The molecule has 0 aliphatic rings. The van der Waals surface area contributed by atoms with Crippen molar-refractivity contribution in [1.82, 2.24) is 9.38 Å². The number of ether oxygens (including phenoxy) is 1. The summed E-state index contributed by atoms with van der Waals surface area (Å²) in [5, 5.41) is 0. The van der Waals surface area contributed by atoms with Crippen LogP contribution in [0.15, 0.2) is 48.8 Å². The third-order valence-electron chi connectivity index (χ3n) is 3.12. The Balaban J connectivity index is 2.02. The molecule has 0 aliphatic carbocycles. The van der Waals surface area contributed by atoms with E-state index >= 15 is 0 Å². The molecule has 0 bridgehead atoms. The third kappa shape index (κ3) is 2.14. The molecule has 0 unspecified atom stereocenters. The van der Waals surface area contributed by atoms with Crippen molar-refractivity contribution in [2.24, 2.45) is 0 Å². The van der Waals surface area contributed by atoms with Gasteiger partial charge in [0, 0.05) is 38.2 Å². The second-order valence-corrected chi connectivity index (χ2v) is 4.74. The molecule has 0 saturated carbocycles. The van der Waals surface area contributed by atoms with E-state index in [1.807, 2.05) is 66.0 Å². The molecule has 0 saturated heterocycles. The number of nitrogens with two attached hydrogens (primary N) is 1. The van der Waals surface area contributed by atoms with Crippen LogP contribution in [-0.2, 0) is 0 Å². The number of imidazole rings is 1. The Morgan fingerprint density at radius 3 is 2.85 bits per heavy atom. The lowest BCUT2D eigenvalue weighted by Crippen LogP contribution is -2.09.